The lowest BCUT2D eigenvalue weighted by molar-refractivity contribution is 1.00. The van der Waals surface area contributed by atoms with Crippen molar-refractivity contribution < 1.29 is 0 Å². The fourth-order valence-corrected chi connectivity index (χ4v) is 1.84. The summed E-state index contributed by atoms with van der Waals surface area (Å²) in [5.74, 6) is 6.42. The number of benzene rings is 1. The maximum atomic E-state index is 3.76. The molecule has 0 aliphatic carbocycles. The van der Waals surface area contributed by atoms with Crippen molar-refractivity contribution >= 4 is 5.57 Å². The maximum Gasteiger partial charge on any atom is 0.0424 e. The van der Waals surface area contributed by atoms with Crippen LogP contribution in [-0.2, 0) is 0 Å². The molecule has 0 aliphatic heterocycles. The number of allylic oxidation sites excluding steroid dienone is 5. The quantitative estimate of drug-likeness (QED) is 0.512. The van der Waals surface area contributed by atoms with Gasteiger partial charge in [0.1, 0.15) is 0 Å². The molecule has 0 N–H and O–H groups in total. The molecule has 1 aromatic rings. The number of rotatable bonds is 4. The third-order valence-corrected chi connectivity index (χ3v) is 2.72. The predicted octanol–water partition coefficient (Wildman–Crippen LogP) is 4.96. The van der Waals surface area contributed by atoms with Crippen LogP contribution in [0.5, 0.6) is 0 Å². The Morgan fingerprint density at radius 3 is 2.78 bits per heavy atom. The molecule has 18 heavy (non-hydrogen) atoms. The van der Waals surface area contributed by atoms with Crippen molar-refractivity contribution in [3.05, 3.63) is 66.3 Å². The van der Waals surface area contributed by atoms with Crippen LogP contribution in [0.2, 0.25) is 0 Å². The molecule has 0 saturated carbocycles. The van der Waals surface area contributed by atoms with E-state index in [9.17, 15) is 0 Å². The van der Waals surface area contributed by atoms with E-state index in [1.54, 1.807) is 0 Å². The zero-order valence-electron chi connectivity index (χ0n) is 11.4. The van der Waals surface area contributed by atoms with E-state index in [1.807, 2.05) is 32.1 Å². The lowest BCUT2D eigenvalue weighted by Gasteiger charge is -2.08. The summed E-state index contributed by atoms with van der Waals surface area (Å²) >= 11 is 0. The molecule has 92 valence electrons. The minimum Gasteiger partial charge on any atom is -0.106 e. The molecule has 0 amide bonds. The van der Waals surface area contributed by atoms with Gasteiger partial charge in [-0.05, 0) is 43.5 Å². The van der Waals surface area contributed by atoms with Crippen LogP contribution in [0.3, 0.4) is 0 Å². The largest absolute Gasteiger partial charge is 0.106 e. The van der Waals surface area contributed by atoms with Gasteiger partial charge < -0.3 is 0 Å². The van der Waals surface area contributed by atoms with Gasteiger partial charge in [-0.15, -0.1) is 5.92 Å². The van der Waals surface area contributed by atoms with E-state index in [-0.39, 0.29) is 5.92 Å². The highest BCUT2D eigenvalue weighted by molar-refractivity contribution is 5.75. The molecule has 1 aromatic carbocycles. The minimum atomic E-state index is 0.269. The molecule has 1 unspecified atom stereocenters. The lowest BCUT2D eigenvalue weighted by Crippen LogP contribution is -1.91. The van der Waals surface area contributed by atoms with E-state index in [4.69, 9.17) is 0 Å². The maximum absolute atomic E-state index is 3.76. The second-order valence-electron chi connectivity index (χ2n) is 4.10. The zero-order valence-corrected chi connectivity index (χ0v) is 11.4. The molecule has 1 atom stereocenters. The SMILES string of the molecule is C=C/C=C(\C=C/C)c1cccc(C(C)C#CC)c1. The van der Waals surface area contributed by atoms with Gasteiger partial charge in [0, 0.05) is 5.92 Å². The van der Waals surface area contributed by atoms with Gasteiger partial charge in [-0.3, -0.25) is 0 Å². The highest BCUT2D eigenvalue weighted by Crippen LogP contribution is 2.22. The molecule has 0 aliphatic rings. The van der Waals surface area contributed by atoms with Crippen molar-refractivity contribution in [2.75, 3.05) is 0 Å². The summed E-state index contributed by atoms with van der Waals surface area (Å²) in [6.07, 6.45) is 7.97. The van der Waals surface area contributed by atoms with Crippen LogP contribution in [0.4, 0.5) is 0 Å². The Bertz CT molecular complexity index is 518. The van der Waals surface area contributed by atoms with E-state index in [1.165, 1.54) is 16.7 Å². The number of hydrogen-bond donors (Lipinski definition) is 0. The van der Waals surface area contributed by atoms with Crippen LogP contribution in [0.15, 0.2) is 55.1 Å². The van der Waals surface area contributed by atoms with Gasteiger partial charge in [-0.25, -0.2) is 0 Å². The number of hydrogen-bond acceptors (Lipinski definition) is 0. The first-order valence-corrected chi connectivity index (χ1v) is 6.21. The first-order valence-electron chi connectivity index (χ1n) is 6.21. The van der Waals surface area contributed by atoms with E-state index >= 15 is 0 Å². The topological polar surface area (TPSA) is 0 Å². The van der Waals surface area contributed by atoms with E-state index in [0.717, 1.165) is 0 Å². The highest BCUT2D eigenvalue weighted by atomic mass is 14.1. The van der Waals surface area contributed by atoms with Crippen LogP contribution < -0.4 is 0 Å². The predicted molar refractivity (Wildman–Crippen MR) is 81.3 cm³/mol. The third kappa shape index (κ3) is 3.79. The van der Waals surface area contributed by atoms with Gasteiger partial charge in [0.25, 0.3) is 0 Å². The monoisotopic (exact) mass is 236 g/mol. The average Bonchev–Trinajstić information content (AvgIpc) is 2.39. The van der Waals surface area contributed by atoms with Crippen molar-refractivity contribution in [1.82, 2.24) is 0 Å². The molecule has 0 nitrogen and oxygen atoms in total. The van der Waals surface area contributed by atoms with Crippen molar-refractivity contribution in [3.8, 4) is 11.8 Å². The van der Waals surface area contributed by atoms with Crippen molar-refractivity contribution in [2.24, 2.45) is 0 Å². The van der Waals surface area contributed by atoms with Crippen molar-refractivity contribution in [1.29, 1.82) is 0 Å². The summed E-state index contributed by atoms with van der Waals surface area (Å²) in [6.45, 7) is 9.79. The van der Waals surface area contributed by atoms with Gasteiger partial charge in [0.15, 0.2) is 0 Å². The van der Waals surface area contributed by atoms with Crippen LogP contribution in [-0.4, -0.2) is 0 Å². The summed E-state index contributed by atoms with van der Waals surface area (Å²) in [7, 11) is 0. The van der Waals surface area contributed by atoms with Gasteiger partial charge >= 0.3 is 0 Å². The van der Waals surface area contributed by atoms with Crippen LogP contribution in [0.1, 0.15) is 37.8 Å². The molecular formula is C18H20. The molecule has 0 fully saturated rings. The molecule has 0 aromatic heterocycles. The van der Waals surface area contributed by atoms with Gasteiger partial charge in [-0.1, -0.05) is 55.0 Å². The molecule has 0 heterocycles. The normalized spacial score (nSPS) is 12.9. The Morgan fingerprint density at radius 2 is 2.17 bits per heavy atom. The van der Waals surface area contributed by atoms with Crippen LogP contribution >= 0.6 is 0 Å². The molecule has 1 rings (SSSR count). The van der Waals surface area contributed by atoms with E-state index in [2.05, 4.69) is 55.7 Å². The van der Waals surface area contributed by atoms with Gasteiger partial charge in [-0.2, -0.15) is 0 Å². The first-order chi connectivity index (χ1) is 8.72. The summed E-state index contributed by atoms with van der Waals surface area (Å²) in [4.78, 5) is 0. The second-order valence-corrected chi connectivity index (χ2v) is 4.10. The molecule has 0 heteroatoms. The van der Waals surface area contributed by atoms with Crippen LogP contribution in [0.25, 0.3) is 5.57 Å². The molecular weight excluding hydrogens is 216 g/mol. The molecule has 0 bridgehead atoms. The smallest absolute Gasteiger partial charge is 0.0424 e. The summed E-state index contributed by atoms with van der Waals surface area (Å²) in [5.41, 5.74) is 3.63. The summed E-state index contributed by atoms with van der Waals surface area (Å²) < 4.78 is 0. The fourth-order valence-electron chi connectivity index (χ4n) is 1.84. The van der Waals surface area contributed by atoms with Crippen molar-refractivity contribution in [3.63, 3.8) is 0 Å². The highest BCUT2D eigenvalue weighted by Gasteiger charge is 2.04. The van der Waals surface area contributed by atoms with Crippen molar-refractivity contribution in [2.45, 2.75) is 26.7 Å². The van der Waals surface area contributed by atoms with Gasteiger partial charge in [0.2, 0.25) is 0 Å². The van der Waals surface area contributed by atoms with Crippen LogP contribution in [0, 0.1) is 11.8 Å². The third-order valence-electron chi connectivity index (χ3n) is 2.72. The Morgan fingerprint density at radius 1 is 1.39 bits per heavy atom. The van der Waals surface area contributed by atoms with Gasteiger partial charge in [0.05, 0.1) is 0 Å². The minimum absolute atomic E-state index is 0.269. The summed E-state index contributed by atoms with van der Waals surface area (Å²) in [6, 6.07) is 8.52. The lowest BCUT2D eigenvalue weighted by atomic mass is 9.96. The second kappa shape index (κ2) is 7.35. The molecule has 0 saturated heterocycles. The Balaban J connectivity index is 3.17. The summed E-state index contributed by atoms with van der Waals surface area (Å²) in [5, 5.41) is 0. The Labute approximate surface area is 111 Å². The zero-order chi connectivity index (χ0) is 13.4. The standard InChI is InChI=1S/C18H20/c1-5-9-15(4)17-12-8-13-18(14-17)16(10-6-2)11-7-3/h6-8,10-15H,2H2,1,3-4H3/b11-7-,16-10+. The Kier molecular flexibility index (Phi) is 5.74. The average molecular weight is 236 g/mol. The fraction of sp³-hybridized carbons (Fsp3) is 0.222. The molecule has 0 spiro atoms. The first kappa shape index (κ1) is 14.1. The molecule has 0 radical (unpaired) electrons. The van der Waals surface area contributed by atoms with E-state index in [0.29, 0.717) is 0 Å². The van der Waals surface area contributed by atoms with E-state index < -0.39 is 0 Å². The Hall–Kier alpha value is -2.00.